The zero-order chi connectivity index (χ0) is 18.4. The summed E-state index contributed by atoms with van der Waals surface area (Å²) >= 11 is 0. The quantitative estimate of drug-likeness (QED) is 0.756. The van der Waals surface area contributed by atoms with Crippen molar-refractivity contribution in [2.45, 2.75) is 25.8 Å². The molecule has 2 aromatic rings. The second-order valence-electron chi connectivity index (χ2n) is 7.14. The van der Waals surface area contributed by atoms with Crippen LogP contribution < -0.4 is 5.32 Å². The smallest absolute Gasteiger partial charge is 0.274 e. The second-order valence-corrected chi connectivity index (χ2v) is 7.14. The summed E-state index contributed by atoms with van der Waals surface area (Å²) in [6.07, 6.45) is 2.84. The molecule has 1 amide bonds. The minimum atomic E-state index is 0.0427. The van der Waals surface area contributed by atoms with E-state index in [4.69, 9.17) is 0 Å². The Morgan fingerprint density at radius 2 is 1.96 bits per heavy atom. The Bertz CT molecular complexity index is 710. The maximum Gasteiger partial charge on any atom is 0.274 e. The van der Waals surface area contributed by atoms with Gasteiger partial charge in [-0.3, -0.25) is 9.89 Å². The van der Waals surface area contributed by atoms with Crippen LogP contribution in [-0.2, 0) is 19.4 Å². The molecule has 3 rings (SSSR count). The van der Waals surface area contributed by atoms with Gasteiger partial charge < -0.3 is 15.1 Å². The van der Waals surface area contributed by atoms with E-state index in [1.165, 1.54) is 5.56 Å². The summed E-state index contributed by atoms with van der Waals surface area (Å²) in [6.45, 7) is 3.97. The number of hydrogen-bond donors (Lipinski definition) is 2. The molecule has 2 N–H and O–H groups in total. The van der Waals surface area contributed by atoms with E-state index in [1.807, 2.05) is 25.1 Å². The van der Waals surface area contributed by atoms with E-state index in [9.17, 15) is 4.79 Å². The standard InChI is InChI=1S/C20H29N5O/c1-24(2)13-14-25(12-6-9-16-7-4-3-5-8-16)20(26)19-17-15-21-11-10-18(17)22-23-19/h3-5,7-8,21H,6,9-15H2,1-2H3,(H,22,23). The molecule has 1 aliphatic rings. The van der Waals surface area contributed by atoms with Crippen molar-refractivity contribution in [1.82, 2.24) is 25.3 Å². The van der Waals surface area contributed by atoms with Gasteiger partial charge in [0.15, 0.2) is 5.69 Å². The maximum atomic E-state index is 13.1. The lowest BCUT2D eigenvalue weighted by atomic mass is 10.1. The number of H-pyrrole nitrogens is 1. The number of rotatable bonds is 8. The lowest BCUT2D eigenvalue weighted by Gasteiger charge is -2.24. The highest BCUT2D eigenvalue weighted by molar-refractivity contribution is 5.94. The van der Waals surface area contributed by atoms with Crippen molar-refractivity contribution in [3.05, 3.63) is 52.8 Å². The number of likely N-dealkylation sites (N-methyl/N-ethyl adjacent to an activating group) is 1. The van der Waals surface area contributed by atoms with E-state index in [0.29, 0.717) is 5.69 Å². The van der Waals surface area contributed by atoms with Crippen LogP contribution in [0.2, 0.25) is 0 Å². The van der Waals surface area contributed by atoms with Gasteiger partial charge in [0.05, 0.1) is 0 Å². The number of nitrogens with one attached hydrogen (secondary N) is 2. The fraction of sp³-hybridized carbons (Fsp3) is 0.500. The highest BCUT2D eigenvalue weighted by atomic mass is 16.2. The van der Waals surface area contributed by atoms with Gasteiger partial charge in [-0.1, -0.05) is 30.3 Å². The highest BCUT2D eigenvalue weighted by Crippen LogP contribution is 2.17. The molecule has 0 bridgehead atoms. The molecule has 0 fully saturated rings. The number of fused-ring (bicyclic) bond motifs is 1. The summed E-state index contributed by atoms with van der Waals surface area (Å²) in [5.74, 6) is 0.0427. The summed E-state index contributed by atoms with van der Waals surface area (Å²) in [5.41, 5.74) is 4.04. The molecule has 0 saturated heterocycles. The minimum Gasteiger partial charge on any atom is -0.336 e. The zero-order valence-electron chi connectivity index (χ0n) is 15.8. The number of nitrogens with zero attached hydrogens (tertiary/aromatic N) is 3. The Hall–Kier alpha value is -2.18. The average Bonchev–Trinajstić information content (AvgIpc) is 3.09. The number of benzene rings is 1. The van der Waals surface area contributed by atoms with Gasteiger partial charge in [-0.25, -0.2) is 0 Å². The number of carbonyl (C=O) groups excluding carboxylic acids is 1. The predicted octanol–water partition coefficient (Wildman–Crippen LogP) is 1.69. The van der Waals surface area contributed by atoms with Gasteiger partial charge in [-0.15, -0.1) is 0 Å². The van der Waals surface area contributed by atoms with Gasteiger partial charge in [0.1, 0.15) is 0 Å². The topological polar surface area (TPSA) is 64.3 Å². The third kappa shape index (κ3) is 4.71. The van der Waals surface area contributed by atoms with E-state index < -0.39 is 0 Å². The lowest BCUT2D eigenvalue weighted by Crippen LogP contribution is -2.38. The zero-order valence-corrected chi connectivity index (χ0v) is 15.8. The summed E-state index contributed by atoms with van der Waals surface area (Å²) in [5, 5.41) is 10.7. The van der Waals surface area contributed by atoms with Crippen molar-refractivity contribution in [2.75, 3.05) is 40.3 Å². The molecular weight excluding hydrogens is 326 g/mol. The fourth-order valence-corrected chi connectivity index (χ4v) is 3.31. The summed E-state index contributed by atoms with van der Waals surface area (Å²) in [7, 11) is 4.07. The molecule has 0 saturated carbocycles. The van der Waals surface area contributed by atoms with Crippen LogP contribution in [0.5, 0.6) is 0 Å². The first-order chi connectivity index (χ1) is 12.6. The molecule has 2 heterocycles. The molecule has 6 heteroatoms. The Morgan fingerprint density at radius 1 is 1.15 bits per heavy atom. The van der Waals surface area contributed by atoms with Crippen LogP contribution in [0.3, 0.4) is 0 Å². The van der Waals surface area contributed by atoms with Crippen molar-refractivity contribution in [3.8, 4) is 0 Å². The molecule has 0 radical (unpaired) electrons. The molecule has 0 aliphatic carbocycles. The summed E-state index contributed by atoms with van der Waals surface area (Å²) in [4.78, 5) is 17.2. The second kappa shape index (κ2) is 8.96. The predicted molar refractivity (Wildman–Crippen MR) is 103 cm³/mol. The largest absolute Gasteiger partial charge is 0.336 e. The molecule has 0 atom stereocenters. The molecular formula is C20H29N5O. The Kier molecular flexibility index (Phi) is 6.41. The average molecular weight is 355 g/mol. The van der Waals surface area contributed by atoms with E-state index in [1.54, 1.807) is 0 Å². The van der Waals surface area contributed by atoms with Gasteiger partial charge in [0.2, 0.25) is 0 Å². The van der Waals surface area contributed by atoms with Crippen molar-refractivity contribution in [3.63, 3.8) is 0 Å². The van der Waals surface area contributed by atoms with E-state index in [0.717, 1.165) is 63.2 Å². The first-order valence-electron chi connectivity index (χ1n) is 9.40. The van der Waals surface area contributed by atoms with Crippen molar-refractivity contribution < 1.29 is 4.79 Å². The Morgan fingerprint density at radius 3 is 2.73 bits per heavy atom. The Labute approximate surface area is 155 Å². The number of aromatic amines is 1. The van der Waals surface area contributed by atoms with Gasteiger partial charge >= 0.3 is 0 Å². The van der Waals surface area contributed by atoms with Gasteiger partial charge in [-0.05, 0) is 32.5 Å². The number of amides is 1. The first kappa shape index (κ1) is 18.6. The molecule has 1 aromatic heterocycles. The molecule has 1 aromatic carbocycles. The van der Waals surface area contributed by atoms with Crippen LogP contribution in [0.15, 0.2) is 30.3 Å². The van der Waals surface area contributed by atoms with Gasteiger partial charge in [0.25, 0.3) is 5.91 Å². The summed E-state index contributed by atoms with van der Waals surface area (Å²) < 4.78 is 0. The molecule has 6 nitrogen and oxygen atoms in total. The van der Waals surface area contributed by atoms with Crippen molar-refractivity contribution in [2.24, 2.45) is 0 Å². The molecule has 0 spiro atoms. The molecule has 26 heavy (non-hydrogen) atoms. The van der Waals surface area contributed by atoms with Crippen LogP contribution in [0.1, 0.15) is 33.7 Å². The van der Waals surface area contributed by atoms with Crippen molar-refractivity contribution >= 4 is 5.91 Å². The van der Waals surface area contributed by atoms with E-state index in [-0.39, 0.29) is 5.91 Å². The molecule has 1 aliphatic heterocycles. The van der Waals surface area contributed by atoms with Crippen LogP contribution in [0.25, 0.3) is 0 Å². The lowest BCUT2D eigenvalue weighted by molar-refractivity contribution is 0.0735. The van der Waals surface area contributed by atoms with Crippen LogP contribution in [0.4, 0.5) is 0 Å². The van der Waals surface area contributed by atoms with Crippen LogP contribution in [0, 0.1) is 0 Å². The molecule has 0 unspecified atom stereocenters. The SMILES string of the molecule is CN(C)CCN(CCCc1ccccc1)C(=O)c1n[nH]c2c1CNCC2. The summed E-state index contributed by atoms with van der Waals surface area (Å²) in [6, 6.07) is 10.4. The molecule has 140 valence electrons. The van der Waals surface area contributed by atoms with Gasteiger partial charge in [0, 0.05) is 50.4 Å². The minimum absolute atomic E-state index is 0.0427. The van der Waals surface area contributed by atoms with Crippen LogP contribution in [-0.4, -0.2) is 66.2 Å². The third-order valence-corrected chi connectivity index (χ3v) is 4.85. The monoisotopic (exact) mass is 355 g/mol. The van der Waals surface area contributed by atoms with E-state index >= 15 is 0 Å². The third-order valence-electron chi connectivity index (χ3n) is 4.85. The number of aromatic nitrogens is 2. The van der Waals surface area contributed by atoms with Crippen molar-refractivity contribution in [1.29, 1.82) is 0 Å². The maximum absolute atomic E-state index is 13.1. The first-order valence-corrected chi connectivity index (χ1v) is 9.40. The number of carbonyl (C=O) groups is 1. The van der Waals surface area contributed by atoms with Crippen LogP contribution >= 0.6 is 0 Å². The number of hydrogen-bond acceptors (Lipinski definition) is 4. The fourth-order valence-electron chi connectivity index (χ4n) is 3.31. The highest BCUT2D eigenvalue weighted by Gasteiger charge is 2.25. The van der Waals surface area contributed by atoms with E-state index in [2.05, 4.69) is 44.7 Å². The number of aryl methyl sites for hydroxylation is 1. The Balaban J connectivity index is 1.66. The normalized spacial score (nSPS) is 13.7. The van der Waals surface area contributed by atoms with Gasteiger partial charge in [-0.2, -0.15) is 5.10 Å².